The first kappa shape index (κ1) is 94.1. The smallest absolute Gasteiger partial charge is 0.172 e. The molecule has 662 valence electrons. The Morgan fingerprint density at radius 3 is 1.30 bits per heavy atom. The number of fused-ring (bicyclic) bond motifs is 2. The summed E-state index contributed by atoms with van der Waals surface area (Å²) in [5, 5.41) is 67.6. The van der Waals surface area contributed by atoms with Crippen molar-refractivity contribution in [3.63, 3.8) is 0 Å². The van der Waals surface area contributed by atoms with E-state index in [2.05, 4.69) is 42.8 Å². The van der Waals surface area contributed by atoms with Crippen molar-refractivity contribution in [2.24, 2.45) is 11.8 Å². The van der Waals surface area contributed by atoms with E-state index in [1.165, 1.54) is 35.8 Å². The predicted octanol–water partition coefficient (Wildman–Crippen LogP) is 17.5. The normalized spacial score (nSPS) is 27.6. The topological polar surface area (TPSA) is 346 Å². The second kappa shape index (κ2) is 42.4. The Bertz CT molecular complexity index is 4040. The number of benzene rings is 3. The minimum Gasteiger partial charge on any atom is -0.512 e. The molecule has 4 unspecified atom stereocenters. The summed E-state index contributed by atoms with van der Waals surface area (Å²) < 4.78 is 63.1. The molecular weight excluding hydrogens is 1600 g/mol. The number of allylic oxidation sites excluding steroid dienone is 7. The summed E-state index contributed by atoms with van der Waals surface area (Å²) in [6, 6.07) is 15.3. The average molecular weight is 1740 g/mol. The van der Waals surface area contributed by atoms with Crippen LogP contribution < -0.4 is 0 Å². The van der Waals surface area contributed by atoms with E-state index < -0.39 is 11.4 Å². The highest BCUT2D eigenvalue weighted by Crippen LogP contribution is 2.58. The number of aromatic hydroxyl groups is 5. The van der Waals surface area contributed by atoms with Gasteiger partial charge >= 0.3 is 0 Å². The lowest BCUT2D eigenvalue weighted by molar-refractivity contribution is -0.273. The molecule has 7 N–H and O–H groups in total. The molecule has 7 aliphatic heterocycles. The van der Waals surface area contributed by atoms with Gasteiger partial charge in [0, 0.05) is 139 Å². The molecule has 20 rings (SSSR count). The number of halogens is 1. The molecule has 3 aromatic rings. The van der Waals surface area contributed by atoms with Gasteiger partial charge in [-0.25, -0.2) is 0 Å². The van der Waals surface area contributed by atoms with Crippen LogP contribution in [0.3, 0.4) is 0 Å². The van der Waals surface area contributed by atoms with Crippen molar-refractivity contribution in [2.75, 3.05) is 66.1 Å². The molecule has 6 saturated carbocycles. The van der Waals surface area contributed by atoms with Gasteiger partial charge in [-0.05, 0) is 195 Å². The van der Waals surface area contributed by atoms with Gasteiger partial charge in [0.05, 0.1) is 94.5 Å². The van der Waals surface area contributed by atoms with Gasteiger partial charge in [0.1, 0.15) is 45.1 Å². The van der Waals surface area contributed by atoms with E-state index in [9.17, 15) is 54.3 Å². The third kappa shape index (κ3) is 24.7. The van der Waals surface area contributed by atoms with Gasteiger partial charge in [0.15, 0.2) is 52.1 Å². The number of ketones is 6. The third-order valence-electron chi connectivity index (χ3n) is 26.4. The monoisotopic (exact) mass is 1730 g/mol. The molecule has 10 aliphatic carbocycles. The lowest BCUT2D eigenvalue weighted by atomic mass is 9.61. The first-order valence-electron chi connectivity index (χ1n) is 44.2. The number of phenols is 5. The second-order valence-electron chi connectivity index (χ2n) is 35.5. The molecule has 7 heterocycles. The molecule has 4 atom stereocenters. The fraction of sp³-hybridized carbons (Fsp3) is 0.663. The molecule has 25 heteroatoms. The summed E-state index contributed by atoms with van der Waals surface area (Å²) in [4.78, 5) is 67.6. The van der Waals surface area contributed by atoms with Crippen molar-refractivity contribution in [3.8, 4) is 28.7 Å². The highest BCUT2D eigenvalue weighted by atomic mass is 79.9. The highest BCUT2D eigenvalue weighted by molar-refractivity contribution is 9.10. The molecule has 120 heavy (non-hydrogen) atoms. The van der Waals surface area contributed by atoms with E-state index in [0.717, 1.165) is 176 Å². The van der Waals surface area contributed by atoms with E-state index >= 15 is 0 Å². The van der Waals surface area contributed by atoms with E-state index in [-0.39, 0.29) is 97.3 Å². The molecule has 7 saturated heterocycles. The fourth-order valence-electron chi connectivity index (χ4n) is 19.6. The number of aliphatic hydroxyl groups excluding tert-OH is 1. The number of rotatable bonds is 4. The fourth-order valence-corrected chi connectivity index (χ4v) is 20.2. The number of Topliss-reactive ketones (excluding diaryl/α,β-unsaturated/α-hetero) is 3. The summed E-state index contributed by atoms with van der Waals surface area (Å²) >= 11 is 3.55. The maximum atomic E-state index is 12.6. The van der Waals surface area contributed by atoms with E-state index in [1.807, 2.05) is 45.0 Å². The van der Waals surface area contributed by atoms with Crippen molar-refractivity contribution in [1.82, 2.24) is 0 Å². The number of aryl methyl sites for hydroxylation is 1. The van der Waals surface area contributed by atoms with Crippen LogP contribution in [0.4, 0.5) is 0 Å². The summed E-state index contributed by atoms with van der Waals surface area (Å²) in [6.45, 7) is 19.1. The Kier molecular flexibility index (Phi) is 33.3. The average Bonchev–Trinajstić information content (AvgIpc) is 0.754. The van der Waals surface area contributed by atoms with Crippen LogP contribution in [0.2, 0.25) is 0 Å². The van der Waals surface area contributed by atoms with Crippen LogP contribution in [0.1, 0.15) is 287 Å². The molecule has 0 amide bonds. The van der Waals surface area contributed by atoms with Gasteiger partial charge in [0.25, 0.3) is 0 Å². The van der Waals surface area contributed by atoms with Gasteiger partial charge in [-0.1, -0.05) is 77.7 Å². The van der Waals surface area contributed by atoms with Gasteiger partial charge in [-0.3, -0.25) is 28.8 Å². The Hall–Kier alpha value is -6.56. The quantitative estimate of drug-likeness (QED) is 0.119. The van der Waals surface area contributed by atoms with E-state index in [4.69, 9.17) is 62.3 Å². The standard InChI is InChI=1S/C15H21BrO4.C15H22O4.C15H18O3.C14H18O4.C12H14O3.C8H12O3.C7H10O.C6H8O2.C3H8/c1-13-3-2-10(11(17)12(13)16)14(20-13)4-6-15(7-5-14)18-8-9-19-15;1-11-2-3-12(13(16)10-11)14(17)4-6-15(7-5-14)18-8-9-19-15;1-11-2-3-13(14(16)10-11)12-4-6-15(7-5-12)17-8-9-18-15;15-11-1-2-12(13(16)9-11)10-3-5-14(6-4-10)17-7-8-18-14;13-9-3-1-8(2-4-9)11-6-5-10(14)7-12(11)15;9-7-1-3-8(4-2-7)10-5-6-11-8;1-6-3-2-4-7(8)5-6;7-5-2-1-3-6(8)4-5;1-3-2/h10,12H,2-9H2,1H3;10,12,17H,2-9H2,1H3;2-4,10,16H,5-9H2,1H3;1-2,9-10,15-16H,3-8H2;5-8,14-15H,1-4H2;1-6H2;5H,2-4H2,1H3;4,7H,1-3H2;3H2,1-2H3. The molecule has 17 aliphatic rings. The Morgan fingerprint density at radius 1 is 0.417 bits per heavy atom. The van der Waals surface area contributed by atoms with Gasteiger partial charge in [0.2, 0.25) is 0 Å². The highest BCUT2D eigenvalue weighted by Gasteiger charge is 2.64. The van der Waals surface area contributed by atoms with Crippen LogP contribution in [0.25, 0.3) is 5.57 Å². The third-order valence-corrected chi connectivity index (χ3v) is 27.8. The zero-order valence-electron chi connectivity index (χ0n) is 71.5. The lowest BCUT2D eigenvalue weighted by Gasteiger charge is -2.60. The van der Waals surface area contributed by atoms with Crippen LogP contribution in [-0.2, 0) is 80.9 Å². The summed E-state index contributed by atoms with van der Waals surface area (Å²) in [5.41, 5.74) is 5.86. The molecule has 0 radical (unpaired) electrons. The maximum Gasteiger partial charge on any atom is 0.172 e. The Balaban J connectivity index is 0.000000136. The number of hydrogen-bond acceptors (Lipinski definition) is 24. The molecule has 0 aromatic heterocycles. The van der Waals surface area contributed by atoms with Gasteiger partial charge in [-0.2, -0.15) is 0 Å². The minimum atomic E-state index is -0.866. The number of aliphatic hydroxyl groups is 2. The molecule has 13 fully saturated rings. The summed E-state index contributed by atoms with van der Waals surface area (Å²) in [5.74, 6) is 0.944. The lowest BCUT2D eigenvalue weighted by Crippen LogP contribution is -2.68. The number of carbonyl (C=O) groups is 6. The Morgan fingerprint density at radius 2 is 0.867 bits per heavy atom. The predicted molar refractivity (Wildman–Crippen MR) is 452 cm³/mol. The molecule has 2 bridgehead atoms. The van der Waals surface area contributed by atoms with E-state index in [0.29, 0.717) is 165 Å². The zero-order chi connectivity index (χ0) is 85.9. The van der Waals surface area contributed by atoms with Crippen molar-refractivity contribution in [2.45, 2.75) is 322 Å². The SMILES string of the molecule is CC12CCC(C(=O)C1Br)C1(CCC3(CC1)OCCO3)O2.CC1=CC(=O)C(C2(O)CCC3(CC2)OCCO3)CC1.CC1=CC(=O)CCC1.CCC.Cc1ccc(C2=CCC3(CC2)OCCO3)c(O)c1.O=C1C=C(O)CCC1.O=C1CCC(c2ccc(O)cc2O)CC1.O=C1CCC2(CC1)OCCO2.Oc1ccc(C2CCC3(CC2)OCCO3)c(O)c1. The van der Waals surface area contributed by atoms with Gasteiger partial charge in [-0.15, -0.1) is 0 Å². The summed E-state index contributed by atoms with van der Waals surface area (Å²) in [7, 11) is 0. The van der Waals surface area contributed by atoms with Crippen LogP contribution in [0.5, 0.6) is 28.7 Å². The van der Waals surface area contributed by atoms with E-state index in [1.54, 1.807) is 30.4 Å². The van der Waals surface area contributed by atoms with Crippen molar-refractivity contribution >= 4 is 56.2 Å². The van der Waals surface area contributed by atoms with Gasteiger partial charge < -0.3 is 87.9 Å². The maximum absolute atomic E-state index is 12.6. The van der Waals surface area contributed by atoms with Crippen molar-refractivity contribution < 1.29 is 117 Å². The van der Waals surface area contributed by atoms with Crippen LogP contribution in [0, 0.1) is 18.8 Å². The Labute approximate surface area is 715 Å². The van der Waals surface area contributed by atoms with Crippen molar-refractivity contribution in [1.29, 1.82) is 0 Å². The molecule has 24 nitrogen and oxygen atoms in total. The zero-order valence-corrected chi connectivity index (χ0v) is 73.0. The molecular formula is C95H131BrO24. The second-order valence-corrected chi connectivity index (χ2v) is 36.4. The minimum absolute atomic E-state index is 0.0486. The molecule has 3 aromatic carbocycles. The number of ether oxygens (including phenoxy) is 11. The number of carbonyl (C=O) groups excluding carboxylic acids is 6. The molecule has 6 spiro atoms. The summed E-state index contributed by atoms with van der Waals surface area (Å²) in [6.07, 6.45) is 34.5. The first-order chi connectivity index (χ1) is 57.4. The first-order valence-corrected chi connectivity index (χ1v) is 45.2. The number of alkyl halides is 1. The van der Waals surface area contributed by atoms with Crippen molar-refractivity contribution in [3.05, 3.63) is 118 Å². The number of phenolic OH excluding ortho intramolecular Hbond substituents is 5. The van der Waals surface area contributed by atoms with Crippen LogP contribution in [-0.4, -0.2) is 187 Å². The van der Waals surface area contributed by atoms with Crippen LogP contribution in [0.15, 0.2) is 95.8 Å². The largest absolute Gasteiger partial charge is 0.512 e. The van der Waals surface area contributed by atoms with Crippen LogP contribution >= 0.6 is 15.9 Å². The number of hydrogen-bond donors (Lipinski definition) is 7.